The lowest BCUT2D eigenvalue weighted by atomic mass is 10.0. The number of hydrogen-bond acceptors (Lipinski definition) is 3. The molecule has 16 heavy (non-hydrogen) atoms. The summed E-state index contributed by atoms with van der Waals surface area (Å²) >= 11 is 8.49. The van der Waals surface area contributed by atoms with Crippen LogP contribution in [0.2, 0.25) is 0 Å². The molecule has 0 atom stereocenters. The van der Waals surface area contributed by atoms with E-state index in [4.69, 9.17) is 0 Å². The summed E-state index contributed by atoms with van der Waals surface area (Å²) in [6.45, 7) is 0. The normalized spacial score (nSPS) is 10.1. The summed E-state index contributed by atoms with van der Waals surface area (Å²) < 4.78 is 0. The van der Waals surface area contributed by atoms with Crippen molar-refractivity contribution in [1.29, 1.82) is 0 Å². The molecule has 0 fully saturated rings. The average Bonchev–Trinajstić information content (AvgIpc) is 2.29. The van der Waals surface area contributed by atoms with E-state index < -0.39 is 0 Å². The van der Waals surface area contributed by atoms with Crippen LogP contribution in [0.4, 0.5) is 0 Å². The highest BCUT2D eigenvalue weighted by Gasteiger charge is 2.11. The van der Waals surface area contributed by atoms with Crippen LogP contribution in [0.1, 0.15) is 15.9 Å². The van der Waals surface area contributed by atoms with Crippen LogP contribution in [0, 0.1) is 0 Å². The zero-order valence-corrected chi connectivity index (χ0v) is 10.2. The monoisotopic (exact) mass is 246 g/mol. The van der Waals surface area contributed by atoms with Gasteiger partial charge in [0, 0.05) is 20.9 Å². The summed E-state index contributed by atoms with van der Waals surface area (Å²) in [5.41, 5.74) is 1.25. The van der Waals surface area contributed by atoms with Gasteiger partial charge in [-0.3, -0.25) is 4.79 Å². The maximum atomic E-state index is 12.1. The van der Waals surface area contributed by atoms with Crippen molar-refractivity contribution < 1.29 is 4.79 Å². The zero-order valence-electron chi connectivity index (χ0n) is 8.42. The van der Waals surface area contributed by atoms with Crippen LogP contribution in [0.25, 0.3) is 0 Å². The molecule has 0 spiro atoms. The van der Waals surface area contributed by atoms with Crippen molar-refractivity contribution in [2.24, 2.45) is 0 Å². The minimum atomic E-state index is -0.0264. The minimum Gasteiger partial charge on any atom is -0.289 e. The number of ketones is 1. The summed E-state index contributed by atoms with van der Waals surface area (Å²) in [6.07, 6.45) is 0. The summed E-state index contributed by atoms with van der Waals surface area (Å²) in [6, 6.07) is 14.5. The summed E-state index contributed by atoms with van der Waals surface area (Å²) in [4.78, 5) is 13.6. The van der Waals surface area contributed by atoms with Crippen molar-refractivity contribution in [3.05, 3.63) is 59.7 Å². The van der Waals surface area contributed by atoms with Gasteiger partial charge < -0.3 is 0 Å². The first-order valence-corrected chi connectivity index (χ1v) is 5.69. The number of rotatable bonds is 2. The van der Waals surface area contributed by atoms with Gasteiger partial charge in [-0.1, -0.05) is 24.3 Å². The molecule has 0 saturated heterocycles. The Balaban J connectivity index is 2.44. The molecule has 0 radical (unpaired) electrons. The summed E-state index contributed by atoms with van der Waals surface area (Å²) in [5.74, 6) is -0.0264. The Kier molecular flexibility index (Phi) is 3.36. The quantitative estimate of drug-likeness (QED) is 0.612. The van der Waals surface area contributed by atoms with E-state index in [9.17, 15) is 4.79 Å². The van der Waals surface area contributed by atoms with E-state index in [1.165, 1.54) is 0 Å². The molecule has 0 N–H and O–H groups in total. The van der Waals surface area contributed by atoms with E-state index >= 15 is 0 Å². The molecule has 0 aromatic heterocycles. The first kappa shape index (κ1) is 11.3. The molecule has 2 aromatic carbocycles. The maximum absolute atomic E-state index is 12.1. The van der Waals surface area contributed by atoms with Crippen LogP contribution in [0.3, 0.4) is 0 Å². The second kappa shape index (κ2) is 4.76. The van der Waals surface area contributed by atoms with Crippen molar-refractivity contribution in [3.63, 3.8) is 0 Å². The average molecular weight is 246 g/mol. The summed E-state index contributed by atoms with van der Waals surface area (Å²) in [7, 11) is 0. The van der Waals surface area contributed by atoms with Gasteiger partial charge in [0.25, 0.3) is 0 Å². The molecule has 3 heteroatoms. The van der Waals surface area contributed by atoms with Gasteiger partial charge in [-0.25, -0.2) is 0 Å². The molecule has 2 aromatic rings. The Morgan fingerprint density at radius 1 is 0.938 bits per heavy atom. The van der Waals surface area contributed by atoms with Gasteiger partial charge in [0.1, 0.15) is 0 Å². The van der Waals surface area contributed by atoms with Gasteiger partial charge in [0.05, 0.1) is 0 Å². The Bertz CT molecular complexity index is 535. The Labute approximate surface area is 105 Å². The highest BCUT2D eigenvalue weighted by atomic mass is 32.1. The lowest BCUT2D eigenvalue weighted by Crippen LogP contribution is -2.02. The molecule has 2 rings (SSSR count). The van der Waals surface area contributed by atoms with Crippen LogP contribution in [-0.2, 0) is 0 Å². The number of thiol groups is 2. The Morgan fingerprint density at radius 2 is 1.69 bits per heavy atom. The van der Waals surface area contributed by atoms with Crippen molar-refractivity contribution >= 4 is 31.0 Å². The third kappa shape index (κ3) is 2.31. The van der Waals surface area contributed by atoms with Crippen LogP contribution >= 0.6 is 25.3 Å². The van der Waals surface area contributed by atoms with Crippen molar-refractivity contribution in [2.45, 2.75) is 9.79 Å². The van der Waals surface area contributed by atoms with Gasteiger partial charge >= 0.3 is 0 Å². The van der Waals surface area contributed by atoms with Crippen LogP contribution < -0.4 is 0 Å². The summed E-state index contributed by atoms with van der Waals surface area (Å²) in [5, 5.41) is 0. The van der Waals surface area contributed by atoms with Gasteiger partial charge in [0.15, 0.2) is 5.78 Å². The van der Waals surface area contributed by atoms with Crippen molar-refractivity contribution in [3.8, 4) is 0 Å². The molecule has 0 aliphatic rings. The standard InChI is InChI=1S/C13H10OS2/c14-13(9-4-3-5-10(15)8-9)11-6-1-2-7-12(11)16/h1-8,15-16H. The van der Waals surface area contributed by atoms with Gasteiger partial charge in [-0.2, -0.15) is 0 Å². The smallest absolute Gasteiger partial charge is 0.194 e. The molecular weight excluding hydrogens is 236 g/mol. The second-order valence-corrected chi connectivity index (χ2v) is 4.39. The molecule has 0 saturated carbocycles. The molecule has 0 aliphatic carbocycles. The third-order valence-corrected chi connectivity index (χ3v) is 2.93. The van der Waals surface area contributed by atoms with Gasteiger partial charge in [-0.05, 0) is 24.3 Å². The lowest BCUT2D eigenvalue weighted by molar-refractivity contribution is 0.103. The highest BCUT2D eigenvalue weighted by Crippen LogP contribution is 2.19. The van der Waals surface area contributed by atoms with Crippen LogP contribution in [0.15, 0.2) is 58.3 Å². The molecule has 0 amide bonds. The molecule has 0 bridgehead atoms. The minimum absolute atomic E-state index is 0.0264. The van der Waals surface area contributed by atoms with Crippen LogP contribution in [0.5, 0.6) is 0 Å². The predicted molar refractivity (Wildman–Crippen MR) is 70.8 cm³/mol. The fourth-order valence-electron chi connectivity index (χ4n) is 1.47. The van der Waals surface area contributed by atoms with Gasteiger partial charge in [-0.15, -0.1) is 25.3 Å². The molecule has 80 valence electrons. The molecule has 0 heterocycles. The van der Waals surface area contributed by atoms with Gasteiger partial charge in [0.2, 0.25) is 0 Å². The van der Waals surface area contributed by atoms with E-state index in [1.54, 1.807) is 24.3 Å². The van der Waals surface area contributed by atoms with E-state index in [2.05, 4.69) is 25.3 Å². The Hall–Kier alpha value is -1.19. The van der Waals surface area contributed by atoms with Crippen molar-refractivity contribution in [2.75, 3.05) is 0 Å². The predicted octanol–water partition coefficient (Wildman–Crippen LogP) is 3.50. The van der Waals surface area contributed by atoms with Crippen molar-refractivity contribution in [1.82, 2.24) is 0 Å². The number of benzene rings is 2. The largest absolute Gasteiger partial charge is 0.289 e. The molecule has 0 aliphatic heterocycles. The first-order chi connectivity index (χ1) is 7.68. The fraction of sp³-hybridized carbons (Fsp3) is 0. The van der Waals surface area contributed by atoms with E-state index in [0.29, 0.717) is 16.0 Å². The number of carbonyl (C=O) groups is 1. The molecular formula is C13H10OS2. The third-order valence-electron chi connectivity index (χ3n) is 2.26. The SMILES string of the molecule is O=C(c1cccc(S)c1)c1ccccc1S. The first-order valence-electron chi connectivity index (χ1n) is 4.80. The highest BCUT2D eigenvalue weighted by molar-refractivity contribution is 7.80. The molecule has 0 unspecified atom stereocenters. The molecule has 1 nitrogen and oxygen atoms in total. The second-order valence-electron chi connectivity index (χ2n) is 3.40. The maximum Gasteiger partial charge on any atom is 0.194 e. The topological polar surface area (TPSA) is 17.1 Å². The zero-order chi connectivity index (χ0) is 11.5. The van der Waals surface area contributed by atoms with E-state index in [1.807, 2.05) is 24.3 Å². The van der Waals surface area contributed by atoms with E-state index in [-0.39, 0.29) is 5.78 Å². The number of carbonyl (C=O) groups excluding carboxylic acids is 1. The van der Waals surface area contributed by atoms with E-state index in [0.717, 1.165) is 4.90 Å². The lowest BCUT2D eigenvalue weighted by Gasteiger charge is -2.04. The fourth-order valence-corrected chi connectivity index (χ4v) is 1.96. The van der Waals surface area contributed by atoms with Crippen LogP contribution in [-0.4, -0.2) is 5.78 Å². The number of hydrogen-bond donors (Lipinski definition) is 2. The Morgan fingerprint density at radius 3 is 2.38 bits per heavy atom.